The first-order chi connectivity index (χ1) is 12.2. The maximum absolute atomic E-state index is 6.37. The molecule has 0 aliphatic heterocycles. The first kappa shape index (κ1) is 18.9. The molecule has 0 spiro atoms. The van der Waals surface area contributed by atoms with Crippen molar-refractivity contribution in [2.45, 2.75) is 65.1 Å². The number of aryl methyl sites for hydroxylation is 2. The number of hydrogen-bond donors (Lipinski definition) is 0. The molecule has 0 radical (unpaired) electrons. The van der Waals surface area contributed by atoms with Crippen LogP contribution in [-0.4, -0.2) is 14.0 Å². The van der Waals surface area contributed by atoms with Gasteiger partial charge in [0.1, 0.15) is 5.75 Å². The van der Waals surface area contributed by atoms with E-state index in [2.05, 4.69) is 83.3 Å². The molecule has 0 fully saturated rings. The molecule has 0 unspecified atom stereocenters. The largest absolute Gasteiger partial charge is 0.544 e. The van der Waals surface area contributed by atoms with Crippen LogP contribution in [0.5, 0.6) is 5.75 Å². The van der Waals surface area contributed by atoms with Gasteiger partial charge in [0, 0.05) is 5.71 Å². The number of benzene rings is 2. The molecule has 1 aliphatic carbocycles. The van der Waals surface area contributed by atoms with Crippen LogP contribution >= 0.6 is 0 Å². The molecule has 0 N–H and O–H groups in total. The number of nitrogens with zero attached hydrogens (tertiary/aromatic N) is 1. The zero-order valence-corrected chi connectivity index (χ0v) is 18.0. The molecular formula is C23H31NOSi. The summed E-state index contributed by atoms with van der Waals surface area (Å²) in [4.78, 5) is 4.95. The van der Waals surface area contributed by atoms with Crippen molar-refractivity contribution < 1.29 is 4.43 Å². The second kappa shape index (κ2) is 7.03. The maximum atomic E-state index is 6.37. The number of aliphatic imine (C=N–C) groups is 1. The van der Waals surface area contributed by atoms with Crippen molar-refractivity contribution in [1.82, 2.24) is 0 Å². The van der Waals surface area contributed by atoms with Crippen LogP contribution in [0.25, 0.3) is 0 Å². The van der Waals surface area contributed by atoms with E-state index < -0.39 is 8.32 Å². The smallest absolute Gasteiger partial charge is 0.250 e. The molecule has 26 heavy (non-hydrogen) atoms. The molecule has 0 aromatic heterocycles. The average Bonchev–Trinajstić information content (AvgIpc) is 2.55. The van der Waals surface area contributed by atoms with Crippen LogP contribution in [0.15, 0.2) is 47.5 Å². The minimum Gasteiger partial charge on any atom is -0.544 e. The minimum atomic E-state index is -1.79. The summed E-state index contributed by atoms with van der Waals surface area (Å²) in [5, 5.41) is 0.204. The molecule has 2 aromatic rings. The molecule has 0 saturated heterocycles. The Labute approximate surface area is 159 Å². The van der Waals surface area contributed by atoms with Crippen molar-refractivity contribution in [3.05, 3.63) is 59.2 Å². The van der Waals surface area contributed by atoms with Crippen LogP contribution in [0, 0.1) is 6.92 Å². The second-order valence-electron chi connectivity index (χ2n) is 8.93. The lowest BCUT2D eigenvalue weighted by molar-refractivity contribution is 0.492. The molecule has 0 saturated carbocycles. The lowest BCUT2D eigenvalue weighted by atomic mass is 9.89. The molecule has 2 aromatic carbocycles. The standard InChI is InChI=1S/C23H31NOSi/c1-17-10-15-21-18(16-17)8-7-9-22(21)24-19-11-13-20(14-12-19)25-26(5,6)23(2,3)4/h10-16H,7-9H2,1-6H3. The first-order valence-corrected chi connectivity index (χ1v) is 12.5. The van der Waals surface area contributed by atoms with Crippen molar-refractivity contribution in [3.8, 4) is 5.75 Å². The number of fused-ring (bicyclic) bond motifs is 1. The Balaban J connectivity index is 1.82. The Morgan fingerprint density at radius 2 is 1.65 bits per heavy atom. The fourth-order valence-electron chi connectivity index (χ4n) is 3.10. The van der Waals surface area contributed by atoms with Crippen LogP contribution in [0.3, 0.4) is 0 Å². The number of rotatable bonds is 3. The van der Waals surface area contributed by atoms with Crippen molar-refractivity contribution >= 4 is 19.7 Å². The third kappa shape index (κ3) is 4.09. The Morgan fingerprint density at radius 3 is 2.31 bits per heavy atom. The monoisotopic (exact) mass is 365 g/mol. The van der Waals surface area contributed by atoms with Gasteiger partial charge in [0.2, 0.25) is 8.32 Å². The van der Waals surface area contributed by atoms with E-state index in [1.165, 1.54) is 28.8 Å². The summed E-state index contributed by atoms with van der Waals surface area (Å²) < 4.78 is 6.37. The summed E-state index contributed by atoms with van der Waals surface area (Å²) in [5.41, 5.74) is 6.31. The zero-order valence-electron chi connectivity index (χ0n) is 17.0. The van der Waals surface area contributed by atoms with Gasteiger partial charge >= 0.3 is 0 Å². The van der Waals surface area contributed by atoms with E-state index in [4.69, 9.17) is 9.42 Å². The van der Waals surface area contributed by atoms with Gasteiger partial charge in [0.25, 0.3) is 0 Å². The highest BCUT2D eigenvalue weighted by Gasteiger charge is 2.38. The maximum Gasteiger partial charge on any atom is 0.250 e. The highest BCUT2D eigenvalue weighted by Crippen LogP contribution is 2.37. The number of hydrogen-bond acceptors (Lipinski definition) is 2. The summed E-state index contributed by atoms with van der Waals surface area (Å²) in [6, 6.07) is 15.0. The molecule has 1 aliphatic rings. The Bertz CT molecular complexity index is 813. The lowest BCUT2D eigenvalue weighted by Crippen LogP contribution is -2.43. The Kier molecular flexibility index (Phi) is 5.11. The Morgan fingerprint density at radius 1 is 0.962 bits per heavy atom. The SMILES string of the molecule is Cc1ccc2c(c1)CCCC2=Nc1ccc(O[Si](C)(C)C(C)(C)C)cc1. The highest BCUT2D eigenvalue weighted by atomic mass is 28.4. The topological polar surface area (TPSA) is 21.6 Å². The normalized spacial score (nSPS) is 16.5. The van der Waals surface area contributed by atoms with Gasteiger partial charge in [-0.2, -0.15) is 0 Å². The van der Waals surface area contributed by atoms with Crippen LogP contribution in [0.4, 0.5) is 5.69 Å². The third-order valence-corrected chi connectivity index (χ3v) is 10.1. The lowest BCUT2D eigenvalue weighted by Gasteiger charge is -2.36. The quantitative estimate of drug-likeness (QED) is 0.546. The molecule has 3 rings (SSSR count). The molecular weight excluding hydrogens is 334 g/mol. The van der Waals surface area contributed by atoms with E-state index >= 15 is 0 Å². The van der Waals surface area contributed by atoms with Crippen molar-refractivity contribution in [1.29, 1.82) is 0 Å². The Hall–Kier alpha value is -1.87. The van der Waals surface area contributed by atoms with Gasteiger partial charge in [-0.15, -0.1) is 0 Å². The summed E-state index contributed by atoms with van der Waals surface area (Å²) in [6.45, 7) is 13.5. The van der Waals surface area contributed by atoms with E-state index in [0.717, 1.165) is 24.3 Å². The predicted octanol–water partition coefficient (Wildman–Crippen LogP) is 6.84. The van der Waals surface area contributed by atoms with Crippen molar-refractivity contribution in [2.75, 3.05) is 0 Å². The van der Waals surface area contributed by atoms with Crippen molar-refractivity contribution in [2.24, 2.45) is 4.99 Å². The molecule has 3 heteroatoms. The van der Waals surface area contributed by atoms with Gasteiger partial charge in [-0.05, 0) is 79.7 Å². The second-order valence-corrected chi connectivity index (χ2v) is 13.7. The summed E-state index contributed by atoms with van der Waals surface area (Å²) in [5.74, 6) is 0.959. The van der Waals surface area contributed by atoms with E-state index in [1.54, 1.807) is 0 Å². The minimum absolute atomic E-state index is 0.204. The van der Waals surface area contributed by atoms with Gasteiger partial charge in [-0.25, -0.2) is 0 Å². The van der Waals surface area contributed by atoms with Crippen LogP contribution < -0.4 is 4.43 Å². The molecule has 138 valence electrons. The van der Waals surface area contributed by atoms with E-state index in [1.807, 2.05) is 0 Å². The average molecular weight is 366 g/mol. The fourth-order valence-corrected chi connectivity index (χ4v) is 4.13. The molecule has 0 bridgehead atoms. The summed E-state index contributed by atoms with van der Waals surface area (Å²) in [7, 11) is -1.79. The summed E-state index contributed by atoms with van der Waals surface area (Å²) in [6.07, 6.45) is 3.40. The van der Waals surface area contributed by atoms with Gasteiger partial charge < -0.3 is 4.43 Å². The van der Waals surface area contributed by atoms with Gasteiger partial charge in [0.05, 0.1) is 5.69 Å². The van der Waals surface area contributed by atoms with E-state index in [-0.39, 0.29) is 5.04 Å². The van der Waals surface area contributed by atoms with Gasteiger partial charge in [-0.1, -0.05) is 44.5 Å². The van der Waals surface area contributed by atoms with Crippen LogP contribution in [0.2, 0.25) is 18.1 Å². The predicted molar refractivity (Wildman–Crippen MR) is 115 cm³/mol. The van der Waals surface area contributed by atoms with Crippen LogP contribution in [0.1, 0.15) is 50.3 Å². The molecule has 0 amide bonds. The highest BCUT2D eigenvalue weighted by molar-refractivity contribution is 6.74. The molecule has 2 nitrogen and oxygen atoms in total. The first-order valence-electron chi connectivity index (χ1n) is 9.62. The summed E-state index contributed by atoms with van der Waals surface area (Å²) >= 11 is 0. The van der Waals surface area contributed by atoms with Crippen LogP contribution in [-0.2, 0) is 6.42 Å². The van der Waals surface area contributed by atoms with Gasteiger partial charge in [0.15, 0.2) is 0 Å². The van der Waals surface area contributed by atoms with Crippen molar-refractivity contribution in [3.63, 3.8) is 0 Å². The zero-order chi connectivity index (χ0) is 18.9. The molecule has 0 heterocycles. The van der Waals surface area contributed by atoms with Gasteiger partial charge in [-0.3, -0.25) is 4.99 Å². The van der Waals surface area contributed by atoms with E-state index in [0.29, 0.717) is 0 Å². The van der Waals surface area contributed by atoms with E-state index in [9.17, 15) is 0 Å². The fraction of sp³-hybridized carbons (Fsp3) is 0.435. The molecule has 0 atom stereocenters. The third-order valence-electron chi connectivity index (χ3n) is 5.71.